The van der Waals surface area contributed by atoms with Crippen LogP contribution >= 0.6 is 0 Å². The van der Waals surface area contributed by atoms with Crippen LogP contribution in [0, 0.1) is 0 Å². The monoisotopic (exact) mass is 407 g/mol. The number of anilines is 2. The van der Waals surface area contributed by atoms with E-state index in [4.69, 9.17) is 4.74 Å². The van der Waals surface area contributed by atoms with Gasteiger partial charge in [-0.15, -0.1) is 0 Å². The van der Waals surface area contributed by atoms with E-state index in [-0.39, 0.29) is 17.9 Å². The number of nitrogens with one attached hydrogen (secondary N) is 2. The standard InChI is InChI=1S/C24H29N3O3/c28-23(18-8-3-1-4-9-18)26-19-11-12-22(27-13-5-2-6-14-27)21(16-19)24(29)25-17-20-10-7-15-30-20/h1,3-4,8-9,11-12,16,20H,2,5-7,10,13-15,17H2,(H,25,29)(H,26,28). The van der Waals surface area contributed by atoms with Crippen LogP contribution in [0.15, 0.2) is 48.5 Å². The first-order chi connectivity index (χ1) is 14.7. The molecule has 1 unspecified atom stereocenters. The molecule has 30 heavy (non-hydrogen) atoms. The molecule has 2 N–H and O–H groups in total. The molecule has 4 rings (SSSR count). The van der Waals surface area contributed by atoms with Gasteiger partial charge in [0.1, 0.15) is 0 Å². The van der Waals surface area contributed by atoms with E-state index >= 15 is 0 Å². The quantitative estimate of drug-likeness (QED) is 0.763. The summed E-state index contributed by atoms with van der Waals surface area (Å²) in [6, 6.07) is 14.7. The molecule has 0 radical (unpaired) electrons. The Labute approximate surface area is 177 Å². The second-order valence-electron chi connectivity index (χ2n) is 7.94. The van der Waals surface area contributed by atoms with Crippen LogP contribution in [0.3, 0.4) is 0 Å². The number of hydrogen-bond donors (Lipinski definition) is 2. The Bertz CT molecular complexity index is 873. The fourth-order valence-corrected chi connectivity index (χ4v) is 4.11. The molecule has 1 atom stereocenters. The molecule has 0 saturated carbocycles. The molecule has 2 fully saturated rings. The van der Waals surface area contributed by atoms with Crippen LogP contribution in [-0.4, -0.2) is 44.2 Å². The topological polar surface area (TPSA) is 70.7 Å². The van der Waals surface area contributed by atoms with Gasteiger partial charge in [-0.2, -0.15) is 0 Å². The van der Waals surface area contributed by atoms with Gasteiger partial charge in [0.05, 0.1) is 11.7 Å². The first-order valence-corrected chi connectivity index (χ1v) is 10.9. The highest BCUT2D eigenvalue weighted by molar-refractivity contribution is 6.06. The summed E-state index contributed by atoms with van der Waals surface area (Å²) >= 11 is 0. The fourth-order valence-electron chi connectivity index (χ4n) is 4.11. The smallest absolute Gasteiger partial charge is 0.255 e. The lowest BCUT2D eigenvalue weighted by Gasteiger charge is -2.30. The molecular weight excluding hydrogens is 378 g/mol. The molecular formula is C24H29N3O3. The normalized spacial score (nSPS) is 18.8. The summed E-state index contributed by atoms with van der Waals surface area (Å²) in [7, 11) is 0. The first-order valence-electron chi connectivity index (χ1n) is 10.9. The lowest BCUT2D eigenvalue weighted by molar-refractivity contribution is 0.0858. The number of hydrogen-bond acceptors (Lipinski definition) is 4. The van der Waals surface area contributed by atoms with Gasteiger partial charge in [-0.3, -0.25) is 9.59 Å². The minimum Gasteiger partial charge on any atom is -0.376 e. The summed E-state index contributed by atoms with van der Waals surface area (Å²) in [6.07, 6.45) is 5.59. The molecule has 0 aromatic heterocycles. The number of amides is 2. The van der Waals surface area contributed by atoms with Crippen LogP contribution in [0.25, 0.3) is 0 Å². The van der Waals surface area contributed by atoms with Gasteiger partial charge in [0.15, 0.2) is 0 Å². The Morgan fingerprint density at radius 3 is 2.50 bits per heavy atom. The SMILES string of the molecule is O=C(Nc1ccc(N2CCCCC2)c(C(=O)NCC2CCCO2)c1)c1ccccc1. The largest absolute Gasteiger partial charge is 0.376 e. The molecule has 2 heterocycles. The van der Waals surface area contributed by atoms with Crippen molar-refractivity contribution in [3.63, 3.8) is 0 Å². The van der Waals surface area contributed by atoms with Gasteiger partial charge in [-0.05, 0) is 62.4 Å². The molecule has 2 amide bonds. The second kappa shape index (κ2) is 9.76. The van der Waals surface area contributed by atoms with Gasteiger partial charge >= 0.3 is 0 Å². The van der Waals surface area contributed by atoms with Crippen LogP contribution in [0.2, 0.25) is 0 Å². The molecule has 2 aliphatic heterocycles. The highest BCUT2D eigenvalue weighted by Gasteiger charge is 2.22. The first kappa shape index (κ1) is 20.4. The van der Waals surface area contributed by atoms with E-state index in [1.54, 1.807) is 18.2 Å². The van der Waals surface area contributed by atoms with Crippen LogP contribution in [0.4, 0.5) is 11.4 Å². The molecule has 2 aromatic carbocycles. The lowest BCUT2D eigenvalue weighted by atomic mass is 10.1. The van der Waals surface area contributed by atoms with Gasteiger partial charge in [-0.25, -0.2) is 0 Å². The van der Waals surface area contributed by atoms with Crippen molar-refractivity contribution in [1.82, 2.24) is 5.32 Å². The van der Waals surface area contributed by atoms with Gasteiger partial charge in [0.2, 0.25) is 0 Å². The maximum atomic E-state index is 13.1. The number of benzene rings is 2. The Morgan fingerprint density at radius 2 is 1.77 bits per heavy atom. The number of nitrogens with zero attached hydrogens (tertiary/aromatic N) is 1. The molecule has 2 aromatic rings. The van der Waals surface area contributed by atoms with Gasteiger partial charge in [0.25, 0.3) is 11.8 Å². The van der Waals surface area contributed by atoms with E-state index in [9.17, 15) is 9.59 Å². The Morgan fingerprint density at radius 1 is 0.967 bits per heavy atom. The van der Waals surface area contributed by atoms with Crippen LogP contribution < -0.4 is 15.5 Å². The predicted octanol–water partition coefficient (Wildman–Crippen LogP) is 3.84. The van der Waals surface area contributed by atoms with Gasteiger partial charge < -0.3 is 20.3 Å². The van der Waals surface area contributed by atoms with E-state index < -0.39 is 0 Å². The summed E-state index contributed by atoms with van der Waals surface area (Å²) in [5.74, 6) is -0.311. The van der Waals surface area contributed by atoms with E-state index in [0.717, 1.165) is 51.1 Å². The third kappa shape index (κ3) is 5.00. The average Bonchev–Trinajstić information content (AvgIpc) is 3.32. The van der Waals surface area contributed by atoms with E-state index in [2.05, 4.69) is 15.5 Å². The third-order valence-electron chi connectivity index (χ3n) is 5.75. The van der Waals surface area contributed by atoms with Crippen molar-refractivity contribution in [2.75, 3.05) is 36.5 Å². The Balaban J connectivity index is 1.54. The molecule has 158 valence electrons. The van der Waals surface area contributed by atoms with Crippen molar-refractivity contribution < 1.29 is 14.3 Å². The van der Waals surface area contributed by atoms with Crippen molar-refractivity contribution >= 4 is 23.2 Å². The lowest BCUT2D eigenvalue weighted by Crippen LogP contribution is -2.35. The molecule has 0 aliphatic carbocycles. The zero-order valence-electron chi connectivity index (χ0n) is 17.2. The molecule has 6 heteroatoms. The van der Waals surface area contributed by atoms with Crippen LogP contribution in [-0.2, 0) is 4.74 Å². The van der Waals surface area contributed by atoms with Crippen molar-refractivity contribution in [2.45, 2.75) is 38.2 Å². The Kier molecular flexibility index (Phi) is 6.64. The summed E-state index contributed by atoms with van der Waals surface area (Å²) in [5.41, 5.74) is 2.73. The summed E-state index contributed by atoms with van der Waals surface area (Å²) in [4.78, 5) is 27.9. The van der Waals surface area contributed by atoms with Gasteiger partial charge in [0, 0.05) is 43.2 Å². The number of rotatable bonds is 6. The van der Waals surface area contributed by atoms with Gasteiger partial charge in [-0.1, -0.05) is 18.2 Å². The van der Waals surface area contributed by atoms with E-state index in [1.807, 2.05) is 30.3 Å². The zero-order valence-corrected chi connectivity index (χ0v) is 17.2. The van der Waals surface area contributed by atoms with Crippen molar-refractivity contribution in [3.05, 3.63) is 59.7 Å². The Hall–Kier alpha value is -2.86. The van der Waals surface area contributed by atoms with Crippen LogP contribution in [0.1, 0.15) is 52.8 Å². The van der Waals surface area contributed by atoms with Crippen LogP contribution in [0.5, 0.6) is 0 Å². The minimum absolute atomic E-state index is 0.0911. The highest BCUT2D eigenvalue weighted by Crippen LogP contribution is 2.27. The predicted molar refractivity (Wildman–Crippen MR) is 118 cm³/mol. The summed E-state index contributed by atoms with van der Waals surface area (Å²) < 4.78 is 5.63. The molecule has 0 spiro atoms. The third-order valence-corrected chi connectivity index (χ3v) is 5.75. The minimum atomic E-state index is -0.188. The maximum absolute atomic E-state index is 13.1. The highest BCUT2D eigenvalue weighted by atomic mass is 16.5. The fraction of sp³-hybridized carbons (Fsp3) is 0.417. The molecule has 6 nitrogen and oxygen atoms in total. The number of piperidine rings is 1. The number of ether oxygens (including phenoxy) is 1. The summed E-state index contributed by atoms with van der Waals surface area (Å²) in [6.45, 7) is 3.17. The molecule has 0 bridgehead atoms. The average molecular weight is 408 g/mol. The zero-order chi connectivity index (χ0) is 20.8. The van der Waals surface area contributed by atoms with E-state index in [0.29, 0.717) is 23.4 Å². The van der Waals surface area contributed by atoms with E-state index in [1.165, 1.54) is 6.42 Å². The maximum Gasteiger partial charge on any atom is 0.255 e. The molecule has 2 saturated heterocycles. The molecule has 2 aliphatic rings. The second-order valence-corrected chi connectivity index (χ2v) is 7.94. The van der Waals surface area contributed by atoms with Crippen molar-refractivity contribution in [3.8, 4) is 0 Å². The number of carbonyl (C=O) groups is 2. The van der Waals surface area contributed by atoms with Crippen molar-refractivity contribution in [1.29, 1.82) is 0 Å². The summed E-state index contributed by atoms with van der Waals surface area (Å²) in [5, 5.41) is 5.95. The number of carbonyl (C=O) groups excluding carboxylic acids is 2. The van der Waals surface area contributed by atoms with Crippen molar-refractivity contribution in [2.24, 2.45) is 0 Å².